The molecule has 1 aromatic carbocycles. The van der Waals surface area contributed by atoms with Crippen molar-refractivity contribution in [3.63, 3.8) is 0 Å². The molecule has 0 spiro atoms. The van der Waals surface area contributed by atoms with E-state index in [9.17, 15) is 0 Å². The fourth-order valence-electron chi connectivity index (χ4n) is 2.53. The fraction of sp³-hybridized carbons (Fsp3) is 0.385. The molecule has 1 aliphatic rings. The standard InChI is InChI=1S/C13H16N2/c1-9-13(11-7-8-14-11)10-5-3-4-6-12(10)15(9)2/h3-6,11,14H,7-8H2,1-2H3. The van der Waals surface area contributed by atoms with Crippen LogP contribution in [0, 0.1) is 6.92 Å². The number of hydrogen-bond donors (Lipinski definition) is 1. The van der Waals surface area contributed by atoms with Gasteiger partial charge in [-0.1, -0.05) is 18.2 Å². The number of para-hydroxylation sites is 1. The number of aryl methyl sites for hydroxylation is 1. The summed E-state index contributed by atoms with van der Waals surface area (Å²) >= 11 is 0. The largest absolute Gasteiger partial charge is 0.348 e. The third-order valence-corrected chi connectivity index (χ3v) is 3.62. The molecule has 78 valence electrons. The summed E-state index contributed by atoms with van der Waals surface area (Å²) in [6, 6.07) is 9.25. The summed E-state index contributed by atoms with van der Waals surface area (Å²) < 4.78 is 2.30. The Morgan fingerprint density at radius 1 is 1.33 bits per heavy atom. The Hall–Kier alpha value is -1.28. The highest BCUT2D eigenvalue weighted by atomic mass is 15.0. The van der Waals surface area contributed by atoms with Gasteiger partial charge in [0.2, 0.25) is 0 Å². The topological polar surface area (TPSA) is 17.0 Å². The number of aromatic nitrogens is 1. The van der Waals surface area contributed by atoms with E-state index in [1.807, 2.05) is 0 Å². The van der Waals surface area contributed by atoms with Crippen LogP contribution < -0.4 is 5.32 Å². The van der Waals surface area contributed by atoms with Gasteiger partial charge < -0.3 is 9.88 Å². The summed E-state index contributed by atoms with van der Waals surface area (Å²) in [5, 5.41) is 4.91. The molecule has 2 heterocycles. The molecule has 1 atom stereocenters. The first-order chi connectivity index (χ1) is 7.29. The molecule has 1 fully saturated rings. The molecule has 3 rings (SSSR count). The number of benzene rings is 1. The van der Waals surface area contributed by atoms with Gasteiger partial charge in [-0.25, -0.2) is 0 Å². The van der Waals surface area contributed by atoms with Gasteiger partial charge in [0.25, 0.3) is 0 Å². The monoisotopic (exact) mass is 200 g/mol. The van der Waals surface area contributed by atoms with Crippen LogP contribution in [-0.4, -0.2) is 11.1 Å². The van der Waals surface area contributed by atoms with Gasteiger partial charge in [-0.2, -0.15) is 0 Å². The zero-order valence-electron chi connectivity index (χ0n) is 9.25. The van der Waals surface area contributed by atoms with Gasteiger partial charge in [0, 0.05) is 29.7 Å². The molecule has 15 heavy (non-hydrogen) atoms. The summed E-state index contributed by atoms with van der Waals surface area (Å²) in [5.74, 6) is 0. The molecule has 1 aromatic heterocycles. The second-order valence-corrected chi connectivity index (χ2v) is 4.37. The smallest absolute Gasteiger partial charge is 0.0483 e. The number of nitrogens with zero attached hydrogens (tertiary/aromatic N) is 1. The van der Waals surface area contributed by atoms with E-state index in [0.29, 0.717) is 6.04 Å². The summed E-state index contributed by atoms with van der Waals surface area (Å²) in [5.41, 5.74) is 4.24. The molecule has 1 aliphatic heterocycles. The Balaban J connectivity index is 2.30. The normalized spacial score (nSPS) is 20.5. The molecular formula is C13H16N2. The van der Waals surface area contributed by atoms with E-state index in [0.717, 1.165) is 6.54 Å². The van der Waals surface area contributed by atoms with Crippen LogP contribution in [0.2, 0.25) is 0 Å². The maximum absolute atomic E-state index is 3.49. The Morgan fingerprint density at radius 2 is 2.07 bits per heavy atom. The molecule has 2 heteroatoms. The lowest BCUT2D eigenvalue weighted by atomic mass is 9.95. The van der Waals surface area contributed by atoms with Crippen LogP contribution in [0.25, 0.3) is 10.9 Å². The van der Waals surface area contributed by atoms with E-state index in [2.05, 4.69) is 48.1 Å². The molecule has 1 N–H and O–H groups in total. The van der Waals surface area contributed by atoms with Crippen LogP contribution in [0.1, 0.15) is 23.7 Å². The Labute approximate surface area is 89.9 Å². The van der Waals surface area contributed by atoms with Crippen molar-refractivity contribution < 1.29 is 0 Å². The van der Waals surface area contributed by atoms with E-state index < -0.39 is 0 Å². The van der Waals surface area contributed by atoms with Gasteiger partial charge in [-0.3, -0.25) is 0 Å². The van der Waals surface area contributed by atoms with Crippen molar-refractivity contribution in [2.24, 2.45) is 7.05 Å². The lowest BCUT2D eigenvalue weighted by molar-refractivity contribution is 0.383. The zero-order chi connectivity index (χ0) is 10.4. The van der Waals surface area contributed by atoms with E-state index in [1.165, 1.54) is 28.6 Å². The van der Waals surface area contributed by atoms with Gasteiger partial charge in [-0.05, 0) is 31.5 Å². The number of nitrogens with one attached hydrogen (secondary N) is 1. The first-order valence-corrected chi connectivity index (χ1v) is 5.56. The van der Waals surface area contributed by atoms with Gasteiger partial charge >= 0.3 is 0 Å². The minimum absolute atomic E-state index is 0.580. The lowest BCUT2D eigenvalue weighted by Crippen LogP contribution is -2.35. The van der Waals surface area contributed by atoms with Crippen molar-refractivity contribution >= 4 is 10.9 Å². The highest BCUT2D eigenvalue weighted by Crippen LogP contribution is 2.34. The third kappa shape index (κ3) is 1.15. The fourth-order valence-corrected chi connectivity index (χ4v) is 2.53. The number of hydrogen-bond acceptors (Lipinski definition) is 1. The molecule has 0 saturated carbocycles. The second kappa shape index (κ2) is 3.11. The average molecular weight is 200 g/mol. The van der Waals surface area contributed by atoms with Crippen molar-refractivity contribution in [3.05, 3.63) is 35.5 Å². The molecular weight excluding hydrogens is 184 g/mol. The minimum atomic E-state index is 0.580. The molecule has 1 saturated heterocycles. The summed E-state index contributed by atoms with van der Waals surface area (Å²) in [4.78, 5) is 0. The van der Waals surface area contributed by atoms with Crippen molar-refractivity contribution in [2.45, 2.75) is 19.4 Å². The van der Waals surface area contributed by atoms with Gasteiger partial charge in [-0.15, -0.1) is 0 Å². The molecule has 0 radical (unpaired) electrons. The predicted octanol–water partition coefficient (Wildman–Crippen LogP) is 2.52. The Bertz CT molecular complexity index is 506. The first kappa shape index (κ1) is 8.98. The highest BCUT2D eigenvalue weighted by Gasteiger charge is 2.24. The summed E-state index contributed by atoms with van der Waals surface area (Å²) in [6.45, 7) is 3.38. The van der Waals surface area contributed by atoms with Crippen LogP contribution >= 0.6 is 0 Å². The predicted molar refractivity (Wildman–Crippen MR) is 63.0 cm³/mol. The van der Waals surface area contributed by atoms with Crippen LogP contribution in [-0.2, 0) is 7.05 Å². The molecule has 0 bridgehead atoms. The van der Waals surface area contributed by atoms with Gasteiger partial charge in [0.15, 0.2) is 0 Å². The maximum Gasteiger partial charge on any atom is 0.0483 e. The molecule has 0 amide bonds. The first-order valence-electron chi connectivity index (χ1n) is 5.56. The number of fused-ring (bicyclic) bond motifs is 1. The summed E-state index contributed by atoms with van der Waals surface area (Å²) in [6.07, 6.45) is 1.27. The van der Waals surface area contributed by atoms with Crippen LogP contribution in [0.4, 0.5) is 0 Å². The Morgan fingerprint density at radius 3 is 2.73 bits per heavy atom. The minimum Gasteiger partial charge on any atom is -0.348 e. The van der Waals surface area contributed by atoms with Crippen LogP contribution in [0.15, 0.2) is 24.3 Å². The van der Waals surface area contributed by atoms with E-state index in [1.54, 1.807) is 0 Å². The summed E-state index contributed by atoms with van der Waals surface area (Å²) in [7, 11) is 2.15. The van der Waals surface area contributed by atoms with Gasteiger partial charge in [0.1, 0.15) is 0 Å². The van der Waals surface area contributed by atoms with Gasteiger partial charge in [0.05, 0.1) is 0 Å². The van der Waals surface area contributed by atoms with Crippen molar-refractivity contribution in [1.82, 2.24) is 9.88 Å². The lowest BCUT2D eigenvalue weighted by Gasteiger charge is -2.28. The molecule has 0 aliphatic carbocycles. The average Bonchev–Trinajstić information content (AvgIpc) is 2.42. The van der Waals surface area contributed by atoms with Crippen molar-refractivity contribution in [2.75, 3.05) is 6.54 Å². The van der Waals surface area contributed by atoms with E-state index in [-0.39, 0.29) is 0 Å². The SMILES string of the molecule is Cc1c(C2CCN2)c2ccccc2n1C. The molecule has 2 nitrogen and oxygen atoms in total. The van der Waals surface area contributed by atoms with E-state index >= 15 is 0 Å². The quantitative estimate of drug-likeness (QED) is 0.748. The van der Waals surface area contributed by atoms with Crippen LogP contribution in [0.5, 0.6) is 0 Å². The van der Waals surface area contributed by atoms with Crippen molar-refractivity contribution in [3.8, 4) is 0 Å². The second-order valence-electron chi connectivity index (χ2n) is 4.37. The van der Waals surface area contributed by atoms with Crippen LogP contribution in [0.3, 0.4) is 0 Å². The number of rotatable bonds is 1. The highest BCUT2D eigenvalue weighted by molar-refractivity contribution is 5.86. The third-order valence-electron chi connectivity index (χ3n) is 3.62. The van der Waals surface area contributed by atoms with Crippen molar-refractivity contribution in [1.29, 1.82) is 0 Å². The zero-order valence-corrected chi connectivity index (χ0v) is 9.25. The Kier molecular flexibility index (Phi) is 1.86. The molecule has 1 unspecified atom stereocenters. The maximum atomic E-state index is 3.49. The van der Waals surface area contributed by atoms with E-state index in [4.69, 9.17) is 0 Å². The molecule has 2 aromatic rings.